The molecule has 0 radical (unpaired) electrons. The summed E-state index contributed by atoms with van der Waals surface area (Å²) in [6, 6.07) is 8.27. The number of carbonyl (C=O) groups excluding carboxylic acids is 4. The second kappa shape index (κ2) is 9.84. The van der Waals surface area contributed by atoms with E-state index < -0.39 is 48.5 Å². The minimum Gasteiger partial charge on any atom is -0.463 e. The van der Waals surface area contributed by atoms with Gasteiger partial charge in [0, 0.05) is 20.8 Å². The van der Waals surface area contributed by atoms with Crippen LogP contribution in [0.25, 0.3) is 0 Å². The van der Waals surface area contributed by atoms with Crippen LogP contribution in [0.4, 0.5) is 0 Å². The van der Waals surface area contributed by atoms with Gasteiger partial charge in [-0.05, 0) is 12.1 Å². The fraction of sp³-hybridized carbons (Fsp3) is 0.474. The maximum absolute atomic E-state index is 12.3. The quantitative estimate of drug-likeness (QED) is 0.521. The molecule has 28 heavy (non-hydrogen) atoms. The van der Waals surface area contributed by atoms with Crippen LogP contribution in [0, 0.1) is 0 Å². The van der Waals surface area contributed by atoms with E-state index in [1.54, 1.807) is 30.3 Å². The Hall–Kier alpha value is -2.94. The zero-order chi connectivity index (χ0) is 20.7. The van der Waals surface area contributed by atoms with Gasteiger partial charge >= 0.3 is 23.9 Å². The molecule has 4 atom stereocenters. The lowest BCUT2D eigenvalue weighted by Crippen LogP contribution is -2.54. The summed E-state index contributed by atoms with van der Waals surface area (Å²) in [5.41, 5.74) is 0.314. The average Bonchev–Trinajstić information content (AvgIpc) is 2.62. The number of benzene rings is 1. The third kappa shape index (κ3) is 6.34. The summed E-state index contributed by atoms with van der Waals surface area (Å²) in [6.07, 6.45) is -4.09. The molecule has 9 nitrogen and oxygen atoms in total. The zero-order valence-corrected chi connectivity index (χ0v) is 15.8. The summed E-state index contributed by atoms with van der Waals surface area (Å²) in [5.74, 6) is -2.44. The van der Waals surface area contributed by atoms with Gasteiger partial charge in [0.2, 0.25) is 6.29 Å². The molecule has 1 aromatic carbocycles. The van der Waals surface area contributed by atoms with Crippen molar-refractivity contribution in [1.29, 1.82) is 0 Å². The summed E-state index contributed by atoms with van der Waals surface area (Å²) >= 11 is 0. The van der Waals surface area contributed by atoms with E-state index in [-0.39, 0.29) is 13.0 Å². The molecule has 1 heterocycles. The molecule has 0 saturated carbocycles. The zero-order valence-electron chi connectivity index (χ0n) is 15.8. The average molecular weight is 394 g/mol. The van der Waals surface area contributed by atoms with E-state index in [0.29, 0.717) is 5.56 Å². The normalized spacial score (nSPS) is 24.0. The highest BCUT2D eigenvalue weighted by molar-refractivity contribution is 5.89. The lowest BCUT2D eigenvalue weighted by atomic mass is 10.0. The largest absolute Gasteiger partial charge is 0.463 e. The fourth-order valence-electron chi connectivity index (χ4n) is 2.73. The van der Waals surface area contributed by atoms with Gasteiger partial charge in [0.25, 0.3) is 0 Å². The molecule has 2 rings (SSSR count). The molecule has 0 amide bonds. The molecule has 0 N–H and O–H groups in total. The van der Waals surface area contributed by atoms with Crippen LogP contribution < -0.4 is 0 Å². The molecular formula is C19H22O9. The molecule has 1 fully saturated rings. The van der Waals surface area contributed by atoms with Gasteiger partial charge in [0.05, 0.1) is 12.0 Å². The van der Waals surface area contributed by atoms with E-state index >= 15 is 0 Å². The Morgan fingerprint density at radius 2 is 1.57 bits per heavy atom. The Kier molecular flexibility index (Phi) is 7.51. The Bertz CT molecular complexity index is 715. The summed E-state index contributed by atoms with van der Waals surface area (Å²) in [5, 5.41) is 0. The highest BCUT2D eigenvalue weighted by Crippen LogP contribution is 2.27. The predicted molar refractivity (Wildman–Crippen MR) is 92.9 cm³/mol. The molecule has 1 aromatic rings. The maximum atomic E-state index is 12.3. The Labute approximate surface area is 161 Å². The first-order chi connectivity index (χ1) is 13.3. The van der Waals surface area contributed by atoms with Gasteiger partial charge in [-0.1, -0.05) is 18.2 Å². The summed E-state index contributed by atoms with van der Waals surface area (Å²) < 4.78 is 26.4. The van der Waals surface area contributed by atoms with Crippen LogP contribution in [-0.2, 0) is 38.1 Å². The number of hydrogen-bond acceptors (Lipinski definition) is 9. The van der Waals surface area contributed by atoms with Gasteiger partial charge in [0.1, 0.15) is 18.8 Å². The predicted octanol–water partition coefficient (Wildman–Crippen LogP) is 1.38. The van der Waals surface area contributed by atoms with Crippen molar-refractivity contribution >= 4 is 23.9 Å². The highest BCUT2D eigenvalue weighted by atomic mass is 16.7. The summed E-state index contributed by atoms with van der Waals surface area (Å²) in [6.45, 7) is 3.33. The van der Waals surface area contributed by atoms with Crippen molar-refractivity contribution in [2.24, 2.45) is 0 Å². The molecule has 1 aliphatic rings. The molecular weight excluding hydrogens is 372 g/mol. The Balaban J connectivity index is 2.18. The Morgan fingerprint density at radius 3 is 2.14 bits per heavy atom. The second-order valence-electron chi connectivity index (χ2n) is 6.14. The third-order valence-electron chi connectivity index (χ3n) is 3.80. The molecule has 0 aliphatic carbocycles. The van der Waals surface area contributed by atoms with Crippen molar-refractivity contribution in [3.63, 3.8) is 0 Å². The second-order valence-corrected chi connectivity index (χ2v) is 6.14. The van der Waals surface area contributed by atoms with Crippen molar-refractivity contribution in [2.75, 3.05) is 6.61 Å². The molecule has 1 aliphatic heterocycles. The van der Waals surface area contributed by atoms with Crippen LogP contribution in [0.2, 0.25) is 0 Å². The molecule has 1 saturated heterocycles. The van der Waals surface area contributed by atoms with E-state index in [4.69, 9.17) is 23.7 Å². The molecule has 0 unspecified atom stereocenters. The smallest absolute Gasteiger partial charge is 0.340 e. The first-order valence-corrected chi connectivity index (χ1v) is 8.65. The summed E-state index contributed by atoms with van der Waals surface area (Å²) in [7, 11) is 0. The first-order valence-electron chi connectivity index (χ1n) is 8.65. The van der Waals surface area contributed by atoms with Gasteiger partial charge in [-0.2, -0.15) is 0 Å². The summed E-state index contributed by atoms with van der Waals surface area (Å²) in [4.78, 5) is 46.4. The van der Waals surface area contributed by atoms with E-state index in [1.807, 2.05) is 0 Å². The van der Waals surface area contributed by atoms with E-state index in [0.717, 1.165) is 0 Å². The van der Waals surface area contributed by atoms with E-state index in [9.17, 15) is 19.2 Å². The molecule has 0 bridgehead atoms. The number of ether oxygens (including phenoxy) is 5. The minimum atomic E-state index is -1.09. The number of carbonyl (C=O) groups is 4. The van der Waals surface area contributed by atoms with Gasteiger partial charge in [-0.25, -0.2) is 4.79 Å². The van der Waals surface area contributed by atoms with Crippen LogP contribution in [0.5, 0.6) is 0 Å². The minimum absolute atomic E-state index is 0.0489. The lowest BCUT2D eigenvalue weighted by Gasteiger charge is -2.39. The molecule has 0 aromatic heterocycles. The standard InChI is InChI=1S/C19H22O9/c1-11(20)24-10-16-18(26-13(3)22)15(25-12(2)21)9-17(27-16)28-19(23)14-7-5-4-6-8-14/h4-8,15-18H,9-10H2,1-3H3/t15-,16-,17+,18+/m1/s1. The molecule has 152 valence electrons. The van der Waals surface area contributed by atoms with Crippen molar-refractivity contribution < 1.29 is 42.9 Å². The van der Waals surface area contributed by atoms with Gasteiger partial charge in [0.15, 0.2) is 6.10 Å². The first kappa shape index (κ1) is 21.4. The van der Waals surface area contributed by atoms with Crippen molar-refractivity contribution in [3.8, 4) is 0 Å². The highest BCUT2D eigenvalue weighted by Gasteiger charge is 2.45. The van der Waals surface area contributed by atoms with Crippen LogP contribution >= 0.6 is 0 Å². The van der Waals surface area contributed by atoms with Gasteiger partial charge in [-0.15, -0.1) is 0 Å². The van der Waals surface area contributed by atoms with Crippen LogP contribution in [0.3, 0.4) is 0 Å². The fourth-order valence-corrected chi connectivity index (χ4v) is 2.73. The third-order valence-corrected chi connectivity index (χ3v) is 3.80. The molecule has 0 spiro atoms. The van der Waals surface area contributed by atoms with Crippen molar-refractivity contribution in [2.45, 2.75) is 51.8 Å². The van der Waals surface area contributed by atoms with E-state index in [1.165, 1.54) is 20.8 Å². The number of hydrogen-bond donors (Lipinski definition) is 0. The van der Waals surface area contributed by atoms with Crippen molar-refractivity contribution in [3.05, 3.63) is 35.9 Å². The number of esters is 4. The lowest BCUT2D eigenvalue weighted by molar-refractivity contribution is -0.252. The SMILES string of the molecule is CC(=O)OC[C@H]1O[C@@H](OC(=O)c2ccccc2)C[C@@H](OC(C)=O)[C@@H]1OC(C)=O. The Morgan fingerprint density at radius 1 is 0.929 bits per heavy atom. The van der Waals surface area contributed by atoms with Crippen LogP contribution in [0.1, 0.15) is 37.6 Å². The van der Waals surface area contributed by atoms with Gasteiger partial charge < -0.3 is 23.7 Å². The van der Waals surface area contributed by atoms with Crippen LogP contribution in [-0.4, -0.2) is 55.1 Å². The topological polar surface area (TPSA) is 114 Å². The number of rotatable bonds is 6. The van der Waals surface area contributed by atoms with Crippen molar-refractivity contribution in [1.82, 2.24) is 0 Å². The van der Waals surface area contributed by atoms with E-state index in [2.05, 4.69) is 0 Å². The maximum Gasteiger partial charge on any atom is 0.340 e. The molecule has 9 heteroatoms. The monoisotopic (exact) mass is 394 g/mol. The van der Waals surface area contributed by atoms with Gasteiger partial charge in [-0.3, -0.25) is 14.4 Å². The van der Waals surface area contributed by atoms with Crippen LogP contribution in [0.15, 0.2) is 30.3 Å².